The molecule has 0 amide bonds. The maximum atomic E-state index is 13.2. The summed E-state index contributed by atoms with van der Waals surface area (Å²) in [6.07, 6.45) is -2.43. The average Bonchev–Trinajstić information content (AvgIpc) is 2.86. The molecule has 2 aromatic carbocycles. The van der Waals surface area contributed by atoms with Gasteiger partial charge in [-0.1, -0.05) is 76.2 Å². The number of benzene rings is 2. The molecule has 0 N–H and O–H groups in total. The molecule has 8 heteroatoms. The Bertz CT molecular complexity index is 996. The fourth-order valence-corrected chi connectivity index (χ4v) is 6.42. The summed E-state index contributed by atoms with van der Waals surface area (Å²) in [6, 6.07) is 18.9. The van der Waals surface area contributed by atoms with Crippen LogP contribution >= 0.6 is 11.8 Å². The van der Waals surface area contributed by atoms with E-state index < -0.39 is 32.9 Å². The summed E-state index contributed by atoms with van der Waals surface area (Å²) in [6.45, 7) is 13.5. The number of thioether (sulfide) groups is 1. The van der Waals surface area contributed by atoms with E-state index in [1.54, 1.807) is 23.9 Å². The second kappa shape index (κ2) is 11.4. The van der Waals surface area contributed by atoms with Crippen molar-refractivity contribution in [2.45, 2.75) is 82.0 Å². The van der Waals surface area contributed by atoms with Gasteiger partial charge in [-0.05, 0) is 36.0 Å². The minimum absolute atomic E-state index is 0.0355. The highest BCUT2D eigenvalue weighted by Crippen LogP contribution is 2.44. The van der Waals surface area contributed by atoms with Crippen LogP contribution in [0.2, 0.25) is 18.1 Å². The van der Waals surface area contributed by atoms with Gasteiger partial charge in [0.2, 0.25) is 0 Å². The molecular weight excluding hydrogens is 492 g/mol. The number of ether oxygens (including phenoxy) is 4. The smallest absolute Gasteiger partial charge is 0.338 e. The first-order valence-electron chi connectivity index (χ1n) is 12.6. The molecule has 0 aromatic heterocycles. The standard InChI is InChI=1S/C28H38O6SSi/c1-7-35-27-24(32-25(29)19-14-10-8-11-15-19)23(34-36(5,6)28(2,3)4)22-21(31-27)18-30-26(33-22)20-16-12-9-13-17-20/h8-17,21-24,26-27H,7,18H2,1-6H3/t21?,22-,23-,24?,26?,27-/m0/s1. The lowest BCUT2D eigenvalue weighted by Gasteiger charge is -2.51. The molecule has 4 rings (SSSR count). The van der Waals surface area contributed by atoms with E-state index in [1.807, 2.05) is 48.5 Å². The van der Waals surface area contributed by atoms with Crippen molar-refractivity contribution in [2.24, 2.45) is 0 Å². The van der Waals surface area contributed by atoms with Crippen LogP contribution in [0, 0.1) is 0 Å². The molecule has 196 valence electrons. The van der Waals surface area contributed by atoms with Crippen LogP contribution < -0.4 is 0 Å². The zero-order chi connectivity index (χ0) is 25.9. The van der Waals surface area contributed by atoms with E-state index in [1.165, 1.54) is 0 Å². The van der Waals surface area contributed by atoms with E-state index in [-0.39, 0.29) is 22.5 Å². The molecule has 36 heavy (non-hydrogen) atoms. The lowest BCUT2D eigenvalue weighted by atomic mass is 9.98. The Kier molecular flexibility index (Phi) is 8.64. The lowest BCUT2D eigenvalue weighted by Crippen LogP contribution is -2.65. The minimum Gasteiger partial charge on any atom is -0.452 e. The lowest BCUT2D eigenvalue weighted by molar-refractivity contribution is -0.315. The third-order valence-corrected chi connectivity index (χ3v) is 12.7. The number of carbonyl (C=O) groups is 1. The number of rotatable bonds is 7. The number of fused-ring (bicyclic) bond motifs is 1. The van der Waals surface area contributed by atoms with E-state index >= 15 is 0 Å². The maximum Gasteiger partial charge on any atom is 0.338 e. The Balaban J connectivity index is 1.68. The first-order valence-corrected chi connectivity index (χ1v) is 16.6. The highest BCUT2D eigenvalue weighted by molar-refractivity contribution is 7.99. The van der Waals surface area contributed by atoms with E-state index in [4.69, 9.17) is 23.4 Å². The summed E-state index contributed by atoms with van der Waals surface area (Å²) in [5.74, 6) is 0.419. The molecule has 0 aliphatic carbocycles. The van der Waals surface area contributed by atoms with Gasteiger partial charge in [-0.15, -0.1) is 11.8 Å². The molecule has 2 fully saturated rings. The Morgan fingerprint density at radius 3 is 2.25 bits per heavy atom. The van der Waals surface area contributed by atoms with Crippen LogP contribution in [-0.4, -0.2) is 56.5 Å². The fourth-order valence-electron chi connectivity index (χ4n) is 4.17. The van der Waals surface area contributed by atoms with Crippen molar-refractivity contribution in [3.05, 3.63) is 71.8 Å². The first-order chi connectivity index (χ1) is 17.1. The Morgan fingerprint density at radius 2 is 1.64 bits per heavy atom. The molecule has 6 atom stereocenters. The summed E-state index contributed by atoms with van der Waals surface area (Å²) in [4.78, 5) is 13.2. The van der Waals surface area contributed by atoms with Gasteiger partial charge in [0.15, 0.2) is 20.7 Å². The van der Waals surface area contributed by atoms with E-state index in [9.17, 15) is 4.79 Å². The SMILES string of the molecule is CCS[C@@H]1OC2COC(c3ccccc3)O[C@@H]2[C@H](O[Si](C)(C)C(C)(C)C)C1OC(=O)c1ccccc1. The molecule has 0 radical (unpaired) electrons. The molecule has 0 saturated carbocycles. The minimum atomic E-state index is -2.27. The number of hydrogen-bond acceptors (Lipinski definition) is 7. The largest absolute Gasteiger partial charge is 0.452 e. The average molecular weight is 531 g/mol. The van der Waals surface area contributed by atoms with Gasteiger partial charge in [-0.3, -0.25) is 0 Å². The second-order valence-corrected chi connectivity index (χ2v) is 16.9. The number of hydrogen-bond donors (Lipinski definition) is 0. The van der Waals surface area contributed by atoms with Gasteiger partial charge in [-0.2, -0.15) is 0 Å². The van der Waals surface area contributed by atoms with Gasteiger partial charge in [0, 0.05) is 5.56 Å². The third kappa shape index (κ3) is 6.06. The number of carbonyl (C=O) groups excluding carboxylic acids is 1. The van der Waals surface area contributed by atoms with Crippen molar-refractivity contribution in [2.75, 3.05) is 12.4 Å². The first kappa shape index (κ1) is 27.4. The zero-order valence-corrected chi connectivity index (χ0v) is 23.8. The molecule has 2 heterocycles. The highest BCUT2D eigenvalue weighted by Gasteiger charge is 2.55. The fraction of sp³-hybridized carbons (Fsp3) is 0.536. The molecule has 3 unspecified atom stereocenters. The normalized spacial score (nSPS) is 28.8. The van der Waals surface area contributed by atoms with Gasteiger partial charge < -0.3 is 23.4 Å². The Labute approximate surface area is 220 Å². The van der Waals surface area contributed by atoms with Gasteiger partial charge in [0.25, 0.3) is 0 Å². The van der Waals surface area contributed by atoms with Crippen LogP contribution in [0.5, 0.6) is 0 Å². The maximum absolute atomic E-state index is 13.2. The molecule has 2 aliphatic rings. The Morgan fingerprint density at radius 1 is 1.00 bits per heavy atom. The van der Waals surface area contributed by atoms with E-state index in [0.717, 1.165) is 11.3 Å². The summed E-state index contributed by atoms with van der Waals surface area (Å²) >= 11 is 1.61. The van der Waals surface area contributed by atoms with Crippen molar-refractivity contribution in [3.63, 3.8) is 0 Å². The van der Waals surface area contributed by atoms with Crippen molar-refractivity contribution >= 4 is 26.0 Å². The molecule has 6 nitrogen and oxygen atoms in total. The van der Waals surface area contributed by atoms with Crippen molar-refractivity contribution < 1.29 is 28.2 Å². The molecule has 0 spiro atoms. The van der Waals surface area contributed by atoms with Crippen LogP contribution in [0.25, 0.3) is 0 Å². The van der Waals surface area contributed by atoms with Gasteiger partial charge in [0.1, 0.15) is 23.7 Å². The predicted molar refractivity (Wildman–Crippen MR) is 145 cm³/mol. The monoisotopic (exact) mass is 530 g/mol. The second-order valence-electron chi connectivity index (χ2n) is 10.8. The summed E-state index contributed by atoms with van der Waals surface area (Å²) in [7, 11) is -2.27. The van der Waals surface area contributed by atoms with Crippen molar-refractivity contribution in [1.82, 2.24) is 0 Å². The molecule has 0 bridgehead atoms. The predicted octanol–water partition coefficient (Wildman–Crippen LogP) is 6.19. The van der Waals surface area contributed by atoms with Crippen molar-refractivity contribution in [3.8, 4) is 0 Å². The molecule has 2 aromatic rings. The Hall–Kier alpha value is -1.68. The summed E-state index contributed by atoms with van der Waals surface area (Å²) in [5, 5.41) is -0.0355. The van der Waals surface area contributed by atoms with Gasteiger partial charge >= 0.3 is 5.97 Å². The van der Waals surface area contributed by atoms with Crippen LogP contribution in [0.4, 0.5) is 0 Å². The third-order valence-electron chi connectivity index (χ3n) is 7.18. The quantitative estimate of drug-likeness (QED) is 0.312. The summed E-state index contributed by atoms with van der Waals surface area (Å²) in [5.41, 5.74) is 1.05. The van der Waals surface area contributed by atoms with Crippen LogP contribution in [0.1, 0.15) is 49.9 Å². The van der Waals surface area contributed by atoms with Crippen LogP contribution in [0.15, 0.2) is 60.7 Å². The number of esters is 1. The molecule has 2 saturated heterocycles. The van der Waals surface area contributed by atoms with Crippen LogP contribution in [0.3, 0.4) is 0 Å². The van der Waals surface area contributed by atoms with Crippen molar-refractivity contribution in [1.29, 1.82) is 0 Å². The van der Waals surface area contributed by atoms with Gasteiger partial charge in [0.05, 0.1) is 12.2 Å². The summed E-state index contributed by atoms with van der Waals surface area (Å²) < 4.78 is 32.3. The molecular formula is C28H38O6SSi. The molecule has 2 aliphatic heterocycles. The van der Waals surface area contributed by atoms with Gasteiger partial charge in [-0.25, -0.2) is 4.79 Å². The van der Waals surface area contributed by atoms with E-state index in [0.29, 0.717) is 12.2 Å². The van der Waals surface area contributed by atoms with Crippen LogP contribution in [-0.2, 0) is 23.4 Å². The highest BCUT2D eigenvalue weighted by atomic mass is 32.2. The topological polar surface area (TPSA) is 63.2 Å². The van der Waals surface area contributed by atoms with E-state index in [2.05, 4.69) is 40.8 Å². The zero-order valence-electron chi connectivity index (χ0n) is 22.0.